The number of aliphatic hydroxyl groups excluding tert-OH is 1. The van der Waals surface area contributed by atoms with Crippen LogP contribution in [-0.2, 0) is 6.61 Å². The van der Waals surface area contributed by atoms with Gasteiger partial charge in [-0.3, -0.25) is 0 Å². The van der Waals surface area contributed by atoms with Crippen molar-refractivity contribution in [2.24, 2.45) is 0 Å². The Kier molecular flexibility index (Phi) is 4.78. The minimum absolute atomic E-state index is 0.0214. The number of likely N-dealkylation sites (tertiary alicyclic amines) is 1. The normalized spacial score (nSPS) is 15.4. The van der Waals surface area contributed by atoms with Gasteiger partial charge in [-0.1, -0.05) is 6.07 Å². The van der Waals surface area contributed by atoms with Gasteiger partial charge in [0.15, 0.2) is 0 Å². The second-order valence-electron chi connectivity index (χ2n) is 5.09. The highest BCUT2D eigenvalue weighted by Crippen LogP contribution is 2.20. The first kappa shape index (κ1) is 13.9. The second-order valence-corrected chi connectivity index (χ2v) is 5.09. The Morgan fingerprint density at radius 1 is 1.37 bits per heavy atom. The Morgan fingerprint density at radius 2 is 2.11 bits per heavy atom. The number of benzene rings is 1. The summed E-state index contributed by atoms with van der Waals surface area (Å²) in [5, 5.41) is 18.3. The predicted molar refractivity (Wildman–Crippen MR) is 76.0 cm³/mol. The van der Waals surface area contributed by atoms with E-state index in [0.717, 1.165) is 24.3 Å². The highest BCUT2D eigenvalue weighted by Gasteiger charge is 2.13. The van der Waals surface area contributed by atoms with Crippen molar-refractivity contribution in [1.82, 2.24) is 4.90 Å². The lowest BCUT2D eigenvalue weighted by Crippen LogP contribution is -2.31. The summed E-state index contributed by atoms with van der Waals surface area (Å²) in [6.45, 7) is 4.34. The zero-order valence-electron chi connectivity index (χ0n) is 11.5. The monoisotopic (exact) mass is 259 g/mol. The van der Waals surface area contributed by atoms with E-state index in [1.54, 1.807) is 6.07 Å². The van der Waals surface area contributed by atoms with E-state index < -0.39 is 0 Å². The third-order valence-electron chi connectivity index (χ3n) is 3.73. The smallest absolute Gasteiger partial charge is 0.101 e. The first-order valence-corrected chi connectivity index (χ1v) is 6.82. The molecule has 1 heterocycles. The molecule has 0 bridgehead atoms. The van der Waals surface area contributed by atoms with E-state index in [1.807, 2.05) is 19.2 Å². The Balaban J connectivity index is 2.01. The number of likely N-dealkylation sites (N-methyl/N-ethyl adjacent to an activating group) is 1. The fourth-order valence-electron chi connectivity index (χ4n) is 2.52. The van der Waals surface area contributed by atoms with Gasteiger partial charge in [0.2, 0.25) is 0 Å². The summed E-state index contributed by atoms with van der Waals surface area (Å²) >= 11 is 0. The van der Waals surface area contributed by atoms with Crippen LogP contribution >= 0.6 is 0 Å². The number of hydrogen-bond donors (Lipinski definition) is 1. The lowest BCUT2D eigenvalue weighted by Gasteiger charge is -2.24. The van der Waals surface area contributed by atoms with Gasteiger partial charge in [0.1, 0.15) is 6.07 Å². The average molecular weight is 259 g/mol. The fraction of sp³-hybridized carbons (Fsp3) is 0.533. The highest BCUT2D eigenvalue weighted by atomic mass is 16.3. The van der Waals surface area contributed by atoms with E-state index in [2.05, 4.69) is 15.9 Å². The third-order valence-corrected chi connectivity index (χ3v) is 3.73. The predicted octanol–water partition coefficient (Wildman–Crippen LogP) is 1.58. The average Bonchev–Trinajstić information content (AvgIpc) is 2.97. The molecule has 1 saturated heterocycles. The summed E-state index contributed by atoms with van der Waals surface area (Å²) in [4.78, 5) is 4.59. The molecule has 1 aromatic rings. The van der Waals surface area contributed by atoms with Crippen molar-refractivity contribution in [2.75, 3.05) is 38.1 Å². The molecule has 0 unspecified atom stereocenters. The van der Waals surface area contributed by atoms with Gasteiger partial charge >= 0.3 is 0 Å². The zero-order valence-corrected chi connectivity index (χ0v) is 11.5. The standard InChI is InChI=1S/C15H21N3O/c1-17(8-9-18-6-2-3-7-18)15-5-4-13(12-19)10-14(15)11-16/h4-5,10,19H,2-3,6-9,12H2,1H3. The largest absolute Gasteiger partial charge is 0.392 e. The van der Waals surface area contributed by atoms with Gasteiger partial charge in [0.05, 0.1) is 17.9 Å². The van der Waals surface area contributed by atoms with E-state index in [1.165, 1.54) is 25.9 Å². The molecule has 102 valence electrons. The Labute approximate surface area is 114 Å². The third kappa shape index (κ3) is 3.46. The second kappa shape index (κ2) is 6.55. The van der Waals surface area contributed by atoms with Crippen LogP contribution in [0, 0.1) is 11.3 Å². The maximum absolute atomic E-state index is 9.20. The van der Waals surface area contributed by atoms with Crippen molar-refractivity contribution in [1.29, 1.82) is 5.26 Å². The maximum atomic E-state index is 9.20. The van der Waals surface area contributed by atoms with Crippen molar-refractivity contribution in [3.8, 4) is 6.07 Å². The number of nitriles is 1. The van der Waals surface area contributed by atoms with Crippen molar-refractivity contribution >= 4 is 5.69 Å². The molecule has 1 aliphatic heterocycles. The van der Waals surface area contributed by atoms with Crippen LogP contribution in [0.3, 0.4) is 0 Å². The molecule has 1 aliphatic rings. The van der Waals surface area contributed by atoms with E-state index >= 15 is 0 Å². The van der Waals surface area contributed by atoms with E-state index in [0.29, 0.717) is 5.56 Å². The molecule has 1 fully saturated rings. The van der Waals surface area contributed by atoms with Crippen LogP contribution in [0.4, 0.5) is 5.69 Å². The van der Waals surface area contributed by atoms with Gasteiger partial charge in [-0.25, -0.2) is 0 Å². The molecule has 0 radical (unpaired) electrons. The van der Waals surface area contributed by atoms with E-state index in [4.69, 9.17) is 5.11 Å². The molecular formula is C15H21N3O. The van der Waals surface area contributed by atoms with Crippen LogP contribution in [0.15, 0.2) is 18.2 Å². The van der Waals surface area contributed by atoms with E-state index in [-0.39, 0.29) is 6.61 Å². The van der Waals surface area contributed by atoms with Gasteiger partial charge < -0.3 is 14.9 Å². The van der Waals surface area contributed by atoms with Crippen molar-refractivity contribution < 1.29 is 5.11 Å². The Bertz CT molecular complexity index is 461. The molecule has 0 aliphatic carbocycles. The number of aliphatic hydroxyl groups is 1. The summed E-state index contributed by atoms with van der Waals surface area (Å²) in [5.41, 5.74) is 2.36. The molecule has 0 saturated carbocycles. The molecule has 2 rings (SSSR count). The van der Waals surface area contributed by atoms with Crippen LogP contribution in [0.1, 0.15) is 24.0 Å². The van der Waals surface area contributed by atoms with Gasteiger partial charge in [0, 0.05) is 20.1 Å². The first-order chi connectivity index (χ1) is 9.24. The molecule has 0 amide bonds. The molecule has 0 aromatic heterocycles. The van der Waals surface area contributed by atoms with Crippen molar-refractivity contribution in [3.63, 3.8) is 0 Å². The molecular weight excluding hydrogens is 238 g/mol. The summed E-state index contributed by atoms with van der Waals surface area (Å²) < 4.78 is 0. The van der Waals surface area contributed by atoms with E-state index in [9.17, 15) is 5.26 Å². The van der Waals surface area contributed by atoms with Gasteiger partial charge in [0.25, 0.3) is 0 Å². The minimum atomic E-state index is -0.0214. The number of anilines is 1. The van der Waals surface area contributed by atoms with Crippen LogP contribution in [0.5, 0.6) is 0 Å². The maximum Gasteiger partial charge on any atom is 0.101 e. The Hall–Kier alpha value is -1.57. The lowest BCUT2D eigenvalue weighted by molar-refractivity contribution is 0.282. The molecule has 4 heteroatoms. The molecule has 1 aromatic carbocycles. The summed E-state index contributed by atoms with van der Waals surface area (Å²) in [7, 11) is 2.02. The molecule has 1 N–H and O–H groups in total. The fourth-order valence-corrected chi connectivity index (χ4v) is 2.52. The van der Waals surface area contributed by atoms with Gasteiger partial charge in [-0.15, -0.1) is 0 Å². The molecule has 0 spiro atoms. The lowest BCUT2D eigenvalue weighted by atomic mass is 10.1. The molecule has 4 nitrogen and oxygen atoms in total. The van der Waals surface area contributed by atoms with Crippen LogP contribution < -0.4 is 4.90 Å². The van der Waals surface area contributed by atoms with Crippen LogP contribution in [0.2, 0.25) is 0 Å². The topological polar surface area (TPSA) is 50.5 Å². The van der Waals surface area contributed by atoms with Crippen molar-refractivity contribution in [3.05, 3.63) is 29.3 Å². The first-order valence-electron chi connectivity index (χ1n) is 6.82. The zero-order chi connectivity index (χ0) is 13.7. The van der Waals surface area contributed by atoms with Crippen LogP contribution in [-0.4, -0.2) is 43.2 Å². The Morgan fingerprint density at radius 3 is 2.74 bits per heavy atom. The molecule has 0 atom stereocenters. The highest BCUT2D eigenvalue weighted by molar-refractivity contribution is 5.60. The summed E-state index contributed by atoms with van der Waals surface area (Å²) in [5.74, 6) is 0. The number of nitrogens with zero attached hydrogens (tertiary/aromatic N) is 3. The summed E-state index contributed by atoms with van der Waals surface area (Å²) in [6, 6.07) is 7.78. The SMILES string of the molecule is CN(CCN1CCCC1)c1ccc(CO)cc1C#N. The quantitative estimate of drug-likeness (QED) is 0.872. The number of rotatable bonds is 5. The minimum Gasteiger partial charge on any atom is -0.392 e. The summed E-state index contributed by atoms with van der Waals surface area (Å²) in [6.07, 6.45) is 2.61. The van der Waals surface area contributed by atoms with Crippen molar-refractivity contribution in [2.45, 2.75) is 19.4 Å². The van der Waals surface area contributed by atoms with Gasteiger partial charge in [-0.2, -0.15) is 5.26 Å². The number of hydrogen-bond acceptors (Lipinski definition) is 4. The molecule has 19 heavy (non-hydrogen) atoms. The van der Waals surface area contributed by atoms with Gasteiger partial charge in [-0.05, 0) is 43.6 Å². The van der Waals surface area contributed by atoms with Crippen LogP contribution in [0.25, 0.3) is 0 Å².